The maximum Gasteiger partial charge on any atom is 0.348 e. The topological polar surface area (TPSA) is 50.2 Å². The lowest BCUT2D eigenvalue weighted by Gasteiger charge is -1.97. The Kier molecular flexibility index (Phi) is 3.56. The molecule has 1 aromatic carbocycles. The average Bonchev–Trinajstić information content (AvgIpc) is 3.05. The summed E-state index contributed by atoms with van der Waals surface area (Å²) in [6.07, 6.45) is 0. The molecule has 2 heterocycles. The Morgan fingerprint density at radius 1 is 1.10 bits per heavy atom. The van der Waals surface area contributed by atoms with Crippen molar-refractivity contribution in [2.24, 2.45) is 0 Å². The molecule has 100 valence electrons. The number of aromatic carboxylic acids is 1. The number of hydrogen-bond acceptors (Lipinski definition) is 4. The van der Waals surface area contributed by atoms with Gasteiger partial charge in [0, 0.05) is 5.56 Å². The van der Waals surface area contributed by atoms with Crippen LogP contribution in [0.4, 0.5) is 0 Å². The Morgan fingerprint density at radius 2 is 1.85 bits per heavy atom. The van der Waals surface area contributed by atoms with Gasteiger partial charge in [0.1, 0.15) is 9.88 Å². The maximum atomic E-state index is 11.4. The SMILES string of the molecule is O=C(O)c1sc(-c2ccc(Cl)s2)nc1-c1ccccc1. The summed E-state index contributed by atoms with van der Waals surface area (Å²) >= 11 is 8.48. The lowest BCUT2D eigenvalue weighted by atomic mass is 10.1. The molecule has 2 aromatic heterocycles. The van der Waals surface area contributed by atoms with Gasteiger partial charge >= 0.3 is 5.97 Å². The smallest absolute Gasteiger partial charge is 0.348 e. The minimum atomic E-state index is -0.963. The van der Waals surface area contributed by atoms with Crippen LogP contribution in [0, 0.1) is 0 Å². The van der Waals surface area contributed by atoms with E-state index in [0.29, 0.717) is 15.0 Å². The molecule has 6 heteroatoms. The van der Waals surface area contributed by atoms with E-state index < -0.39 is 5.97 Å². The number of carboxylic acids is 1. The van der Waals surface area contributed by atoms with Gasteiger partial charge in [-0.05, 0) is 12.1 Å². The van der Waals surface area contributed by atoms with Gasteiger partial charge < -0.3 is 5.11 Å². The third-order valence-corrected chi connectivity index (χ3v) is 5.10. The number of halogens is 1. The number of benzene rings is 1. The molecule has 0 saturated carbocycles. The highest BCUT2D eigenvalue weighted by atomic mass is 35.5. The first-order chi connectivity index (χ1) is 9.65. The van der Waals surface area contributed by atoms with Gasteiger partial charge in [0.05, 0.1) is 14.9 Å². The Balaban J connectivity index is 2.15. The van der Waals surface area contributed by atoms with E-state index in [9.17, 15) is 9.90 Å². The zero-order valence-electron chi connectivity index (χ0n) is 10.0. The van der Waals surface area contributed by atoms with E-state index in [1.54, 1.807) is 6.07 Å². The minimum Gasteiger partial charge on any atom is -0.477 e. The first-order valence-corrected chi connectivity index (χ1v) is 7.71. The van der Waals surface area contributed by atoms with Crippen molar-refractivity contribution in [1.29, 1.82) is 0 Å². The summed E-state index contributed by atoms with van der Waals surface area (Å²) in [5.41, 5.74) is 1.30. The number of carbonyl (C=O) groups is 1. The molecule has 0 aliphatic rings. The van der Waals surface area contributed by atoms with Crippen molar-refractivity contribution in [1.82, 2.24) is 4.98 Å². The Hall–Kier alpha value is -1.69. The molecule has 0 unspecified atom stereocenters. The molecule has 0 aliphatic carbocycles. The highest BCUT2D eigenvalue weighted by Crippen LogP contribution is 2.37. The third-order valence-electron chi connectivity index (χ3n) is 2.65. The van der Waals surface area contributed by atoms with Gasteiger partial charge in [0.2, 0.25) is 0 Å². The Morgan fingerprint density at radius 3 is 2.45 bits per heavy atom. The van der Waals surface area contributed by atoms with E-state index in [-0.39, 0.29) is 4.88 Å². The van der Waals surface area contributed by atoms with Crippen LogP contribution < -0.4 is 0 Å². The van der Waals surface area contributed by atoms with Crippen LogP contribution in [-0.4, -0.2) is 16.1 Å². The summed E-state index contributed by atoms with van der Waals surface area (Å²) in [7, 11) is 0. The molecule has 3 aromatic rings. The highest BCUT2D eigenvalue weighted by molar-refractivity contribution is 7.24. The van der Waals surface area contributed by atoms with Crippen LogP contribution in [-0.2, 0) is 0 Å². The molecular weight excluding hydrogens is 314 g/mol. The van der Waals surface area contributed by atoms with E-state index in [0.717, 1.165) is 10.4 Å². The van der Waals surface area contributed by atoms with Crippen LogP contribution in [0.5, 0.6) is 0 Å². The predicted octanol–water partition coefficient (Wildman–Crippen LogP) is 4.89. The number of thiophene rings is 1. The van der Waals surface area contributed by atoms with Crippen LogP contribution in [0.1, 0.15) is 9.67 Å². The van der Waals surface area contributed by atoms with E-state index >= 15 is 0 Å². The van der Waals surface area contributed by atoms with E-state index in [1.807, 2.05) is 36.4 Å². The van der Waals surface area contributed by atoms with Crippen molar-refractivity contribution in [2.75, 3.05) is 0 Å². The summed E-state index contributed by atoms with van der Waals surface area (Å²) in [6, 6.07) is 13.0. The van der Waals surface area contributed by atoms with Gasteiger partial charge in [-0.2, -0.15) is 0 Å². The van der Waals surface area contributed by atoms with Crippen LogP contribution in [0.25, 0.3) is 21.1 Å². The molecule has 0 aliphatic heterocycles. The number of nitrogens with zero attached hydrogens (tertiary/aromatic N) is 1. The normalized spacial score (nSPS) is 10.7. The summed E-state index contributed by atoms with van der Waals surface area (Å²) in [5, 5.41) is 10.0. The second-order valence-electron chi connectivity index (χ2n) is 3.97. The number of carboxylic acid groups (broad SMARTS) is 1. The van der Waals surface area contributed by atoms with E-state index in [4.69, 9.17) is 11.6 Å². The molecule has 0 amide bonds. The number of hydrogen-bond donors (Lipinski definition) is 1. The number of aromatic nitrogens is 1. The third kappa shape index (κ3) is 2.47. The van der Waals surface area contributed by atoms with Gasteiger partial charge in [-0.15, -0.1) is 22.7 Å². The molecule has 20 heavy (non-hydrogen) atoms. The van der Waals surface area contributed by atoms with Gasteiger partial charge in [-0.1, -0.05) is 41.9 Å². The number of thiazole rings is 1. The quantitative estimate of drug-likeness (QED) is 0.747. The molecule has 0 spiro atoms. The fraction of sp³-hybridized carbons (Fsp3) is 0. The van der Waals surface area contributed by atoms with Crippen LogP contribution in [0.3, 0.4) is 0 Å². The van der Waals surface area contributed by atoms with Crippen molar-refractivity contribution in [3.63, 3.8) is 0 Å². The molecule has 0 saturated heterocycles. The number of rotatable bonds is 3. The van der Waals surface area contributed by atoms with Crippen LogP contribution in [0.15, 0.2) is 42.5 Å². The summed E-state index contributed by atoms with van der Waals surface area (Å²) < 4.78 is 0.660. The van der Waals surface area contributed by atoms with Crippen LogP contribution >= 0.6 is 34.3 Å². The lowest BCUT2D eigenvalue weighted by Crippen LogP contribution is -1.95. The van der Waals surface area contributed by atoms with Gasteiger partial charge in [0.15, 0.2) is 0 Å². The second kappa shape index (κ2) is 5.36. The molecule has 0 radical (unpaired) electrons. The Labute approximate surface area is 128 Å². The van der Waals surface area contributed by atoms with Crippen molar-refractivity contribution in [2.45, 2.75) is 0 Å². The largest absolute Gasteiger partial charge is 0.477 e. The van der Waals surface area contributed by atoms with Gasteiger partial charge in [-0.3, -0.25) is 0 Å². The van der Waals surface area contributed by atoms with E-state index in [1.165, 1.54) is 22.7 Å². The lowest BCUT2D eigenvalue weighted by molar-refractivity contribution is 0.0702. The van der Waals surface area contributed by atoms with Gasteiger partial charge in [-0.25, -0.2) is 9.78 Å². The molecule has 0 fully saturated rings. The predicted molar refractivity (Wildman–Crippen MR) is 82.8 cm³/mol. The fourth-order valence-electron chi connectivity index (χ4n) is 1.79. The Bertz CT molecular complexity index is 765. The average molecular weight is 322 g/mol. The first-order valence-electron chi connectivity index (χ1n) is 5.70. The zero-order chi connectivity index (χ0) is 14.1. The molecule has 3 rings (SSSR count). The summed E-state index contributed by atoms with van der Waals surface area (Å²) in [5.74, 6) is -0.963. The highest BCUT2D eigenvalue weighted by Gasteiger charge is 2.20. The molecular formula is C14H8ClNO2S2. The van der Waals surface area contributed by atoms with E-state index in [2.05, 4.69) is 4.98 Å². The summed E-state index contributed by atoms with van der Waals surface area (Å²) in [6.45, 7) is 0. The summed E-state index contributed by atoms with van der Waals surface area (Å²) in [4.78, 5) is 17.0. The standard InChI is InChI=1S/C14H8ClNO2S2/c15-10-7-6-9(19-10)13-16-11(12(20-13)14(17)18)8-4-2-1-3-5-8/h1-7H,(H,17,18). The van der Waals surface area contributed by atoms with Crippen molar-refractivity contribution in [3.8, 4) is 21.1 Å². The van der Waals surface area contributed by atoms with Crippen molar-refractivity contribution < 1.29 is 9.90 Å². The second-order valence-corrected chi connectivity index (χ2v) is 6.69. The molecule has 3 nitrogen and oxygen atoms in total. The monoisotopic (exact) mass is 321 g/mol. The zero-order valence-corrected chi connectivity index (χ0v) is 12.4. The van der Waals surface area contributed by atoms with Crippen molar-refractivity contribution in [3.05, 3.63) is 51.7 Å². The molecule has 1 N–H and O–H groups in total. The maximum absolute atomic E-state index is 11.4. The molecule has 0 atom stereocenters. The van der Waals surface area contributed by atoms with Gasteiger partial charge in [0.25, 0.3) is 0 Å². The van der Waals surface area contributed by atoms with Crippen LogP contribution in [0.2, 0.25) is 4.34 Å². The molecule has 0 bridgehead atoms. The first kappa shape index (κ1) is 13.3. The minimum absolute atomic E-state index is 0.246. The van der Waals surface area contributed by atoms with Crippen molar-refractivity contribution >= 4 is 40.2 Å². The fourth-order valence-corrected chi connectivity index (χ4v) is 3.82.